The van der Waals surface area contributed by atoms with Gasteiger partial charge in [-0.2, -0.15) is 0 Å². The van der Waals surface area contributed by atoms with Gasteiger partial charge in [-0.25, -0.2) is 0 Å². The van der Waals surface area contributed by atoms with Gasteiger partial charge in [-0.05, 0) is 32.9 Å². The smallest absolute Gasteiger partial charge is 0.123 e. The molecule has 0 atom stereocenters. The van der Waals surface area contributed by atoms with Crippen LogP contribution < -0.4 is 10.1 Å². The van der Waals surface area contributed by atoms with Gasteiger partial charge in [-0.3, -0.25) is 0 Å². The molecule has 0 saturated carbocycles. The topological polar surface area (TPSA) is 30.5 Å². The maximum atomic E-state index is 5.85. The predicted octanol–water partition coefficient (Wildman–Crippen LogP) is 3.30. The fourth-order valence-electron chi connectivity index (χ4n) is 1.87. The van der Waals surface area contributed by atoms with Gasteiger partial charge in [0.1, 0.15) is 5.75 Å². The van der Waals surface area contributed by atoms with E-state index in [2.05, 4.69) is 37.4 Å². The number of ether oxygens (including phenoxy) is 2. The molecule has 0 radical (unpaired) electrons. The molecule has 0 amide bonds. The fraction of sp³-hybridized carbons (Fsp3) is 0.625. The molecule has 19 heavy (non-hydrogen) atoms. The van der Waals surface area contributed by atoms with Gasteiger partial charge in [0, 0.05) is 31.7 Å². The van der Waals surface area contributed by atoms with Gasteiger partial charge in [0.15, 0.2) is 0 Å². The molecule has 1 aromatic carbocycles. The molecule has 1 aromatic rings. The lowest BCUT2D eigenvalue weighted by Crippen LogP contribution is -2.15. The lowest BCUT2D eigenvalue weighted by atomic mass is 10.1. The predicted molar refractivity (Wildman–Crippen MR) is 79.8 cm³/mol. The molecule has 0 aliphatic rings. The van der Waals surface area contributed by atoms with Crippen LogP contribution in [0.2, 0.25) is 0 Å². The minimum Gasteiger partial charge on any atom is -0.493 e. The second kappa shape index (κ2) is 9.82. The Morgan fingerprint density at radius 1 is 1.16 bits per heavy atom. The first-order chi connectivity index (χ1) is 9.27. The van der Waals surface area contributed by atoms with Crippen molar-refractivity contribution < 1.29 is 9.47 Å². The lowest BCUT2D eigenvalue weighted by molar-refractivity contribution is 0.130. The Bertz CT molecular complexity index is 353. The van der Waals surface area contributed by atoms with E-state index in [0.717, 1.165) is 44.9 Å². The molecule has 1 rings (SSSR count). The standard InChI is InChI=1S/C16H27NO2/c1-4-9-17-13-15-12-14(3)7-8-16(15)19-11-6-10-18-5-2/h7-8,12,17H,4-6,9-11,13H2,1-3H3. The molecule has 0 bridgehead atoms. The van der Waals surface area contributed by atoms with Crippen molar-refractivity contribution in [3.63, 3.8) is 0 Å². The van der Waals surface area contributed by atoms with Gasteiger partial charge >= 0.3 is 0 Å². The molecule has 1 N–H and O–H groups in total. The SMILES string of the molecule is CCCNCc1cc(C)ccc1OCCCOCC. The zero-order chi connectivity index (χ0) is 13.9. The van der Waals surface area contributed by atoms with E-state index in [1.165, 1.54) is 11.1 Å². The van der Waals surface area contributed by atoms with Gasteiger partial charge in [0.2, 0.25) is 0 Å². The highest BCUT2D eigenvalue weighted by atomic mass is 16.5. The fourth-order valence-corrected chi connectivity index (χ4v) is 1.87. The van der Waals surface area contributed by atoms with Crippen molar-refractivity contribution in [2.24, 2.45) is 0 Å². The van der Waals surface area contributed by atoms with Gasteiger partial charge in [-0.1, -0.05) is 24.6 Å². The monoisotopic (exact) mass is 265 g/mol. The summed E-state index contributed by atoms with van der Waals surface area (Å²) in [6, 6.07) is 6.36. The van der Waals surface area contributed by atoms with E-state index in [1.54, 1.807) is 0 Å². The minimum atomic E-state index is 0.712. The Labute approximate surface area is 117 Å². The summed E-state index contributed by atoms with van der Waals surface area (Å²) in [7, 11) is 0. The van der Waals surface area contributed by atoms with Gasteiger partial charge < -0.3 is 14.8 Å². The van der Waals surface area contributed by atoms with Crippen molar-refractivity contribution in [2.45, 2.75) is 40.2 Å². The quantitative estimate of drug-likeness (QED) is 0.658. The first kappa shape index (κ1) is 16.0. The number of benzene rings is 1. The van der Waals surface area contributed by atoms with Crippen LogP contribution in [0.25, 0.3) is 0 Å². The Balaban J connectivity index is 2.45. The van der Waals surface area contributed by atoms with Crippen molar-refractivity contribution in [3.05, 3.63) is 29.3 Å². The molecule has 3 heteroatoms. The van der Waals surface area contributed by atoms with E-state index in [4.69, 9.17) is 9.47 Å². The second-order valence-corrected chi connectivity index (χ2v) is 4.69. The van der Waals surface area contributed by atoms with Crippen LogP contribution in [0.1, 0.15) is 37.8 Å². The van der Waals surface area contributed by atoms with Crippen LogP contribution in [-0.4, -0.2) is 26.4 Å². The average Bonchev–Trinajstić information content (AvgIpc) is 2.41. The summed E-state index contributed by atoms with van der Waals surface area (Å²) in [6.07, 6.45) is 2.08. The molecule has 0 unspecified atom stereocenters. The maximum Gasteiger partial charge on any atom is 0.123 e. The third-order valence-corrected chi connectivity index (χ3v) is 2.85. The maximum absolute atomic E-state index is 5.85. The molecular weight excluding hydrogens is 238 g/mol. The van der Waals surface area contributed by atoms with E-state index in [0.29, 0.717) is 6.61 Å². The number of aryl methyl sites for hydroxylation is 1. The van der Waals surface area contributed by atoms with Gasteiger partial charge in [-0.15, -0.1) is 0 Å². The number of hydrogen-bond donors (Lipinski definition) is 1. The third kappa shape index (κ3) is 6.60. The molecule has 0 aliphatic heterocycles. The number of rotatable bonds is 10. The Morgan fingerprint density at radius 3 is 2.74 bits per heavy atom. The largest absolute Gasteiger partial charge is 0.493 e. The van der Waals surface area contributed by atoms with Gasteiger partial charge in [0.05, 0.1) is 6.61 Å². The van der Waals surface area contributed by atoms with E-state index in [1.807, 2.05) is 6.92 Å². The summed E-state index contributed by atoms with van der Waals surface area (Å²) in [6.45, 7) is 10.5. The lowest BCUT2D eigenvalue weighted by Gasteiger charge is -2.13. The molecular formula is C16H27NO2. The molecule has 0 heterocycles. The first-order valence-electron chi connectivity index (χ1n) is 7.28. The highest BCUT2D eigenvalue weighted by Gasteiger charge is 2.04. The second-order valence-electron chi connectivity index (χ2n) is 4.69. The summed E-state index contributed by atoms with van der Waals surface area (Å²) in [5.41, 5.74) is 2.51. The van der Waals surface area contributed by atoms with Crippen LogP contribution in [-0.2, 0) is 11.3 Å². The summed E-state index contributed by atoms with van der Waals surface area (Å²) in [5.74, 6) is 0.991. The molecule has 0 aliphatic carbocycles. The van der Waals surface area contributed by atoms with Gasteiger partial charge in [0.25, 0.3) is 0 Å². The number of hydrogen-bond acceptors (Lipinski definition) is 3. The Kier molecular flexibility index (Phi) is 8.26. The Morgan fingerprint density at radius 2 is 2.00 bits per heavy atom. The first-order valence-corrected chi connectivity index (χ1v) is 7.28. The normalized spacial score (nSPS) is 10.7. The van der Waals surface area contributed by atoms with Crippen LogP contribution in [0.5, 0.6) is 5.75 Å². The third-order valence-electron chi connectivity index (χ3n) is 2.85. The summed E-state index contributed by atoms with van der Waals surface area (Å²) >= 11 is 0. The van der Waals surface area contributed by atoms with Crippen molar-refractivity contribution >= 4 is 0 Å². The zero-order valence-corrected chi connectivity index (χ0v) is 12.5. The summed E-state index contributed by atoms with van der Waals surface area (Å²) in [5, 5.41) is 3.42. The summed E-state index contributed by atoms with van der Waals surface area (Å²) in [4.78, 5) is 0. The van der Waals surface area contributed by atoms with E-state index in [9.17, 15) is 0 Å². The van der Waals surface area contributed by atoms with Crippen LogP contribution in [0.4, 0.5) is 0 Å². The molecule has 0 saturated heterocycles. The Hall–Kier alpha value is -1.06. The number of nitrogens with one attached hydrogen (secondary N) is 1. The summed E-state index contributed by atoms with van der Waals surface area (Å²) < 4.78 is 11.2. The average molecular weight is 265 g/mol. The van der Waals surface area contributed by atoms with Crippen LogP contribution in [0.3, 0.4) is 0 Å². The van der Waals surface area contributed by atoms with Crippen LogP contribution in [0.15, 0.2) is 18.2 Å². The molecule has 108 valence electrons. The highest BCUT2D eigenvalue weighted by Crippen LogP contribution is 2.20. The van der Waals surface area contributed by atoms with E-state index >= 15 is 0 Å². The molecule has 0 aromatic heterocycles. The van der Waals surface area contributed by atoms with Crippen LogP contribution >= 0.6 is 0 Å². The highest BCUT2D eigenvalue weighted by molar-refractivity contribution is 5.36. The molecule has 3 nitrogen and oxygen atoms in total. The zero-order valence-electron chi connectivity index (χ0n) is 12.5. The van der Waals surface area contributed by atoms with Crippen molar-refractivity contribution in [1.29, 1.82) is 0 Å². The van der Waals surface area contributed by atoms with Crippen LogP contribution in [0, 0.1) is 6.92 Å². The van der Waals surface area contributed by atoms with Crippen molar-refractivity contribution in [2.75, 3.05) is 26.4 Å². The molecule has 0 spiro atoms. The van der Waals surface area contributed by atoms with Crippen molar-refractivity contribution in [1.82, 2.24) is 5.32 Å². The minimum absolute atomic E-state index is 0.712. The molecule has 0 fully saturated rings. The van der Waals surface area contributed by atoms with Crippen molar-refractivity contribution in [3.8, 4) is 5.75 Å². The van der Waals surface area contributed by atoms with E-state index in [-0.39, 0.29) is 0 Å². The van der Waals surface area contributed by atoms with E-state index < -0.39 is 0 Å².